The smallest absolute Gasteiger partial charge is 0.0353 e. The summed E-state index contributed by atoms with van der Waals surface area (Å²) in [6.45, 7) is 0. The molecule has 1 heterocycles. The van der Waals surface area contributed by atoms with E-state index >= 15 is 0 Å². The molecule has 0 atom stereocenters. The van der Waals surface area contributed by atoms with Gasteiger partial charge in [-0.1, -0.05) is 72.8 Å². The van der Waals surface area contributed by atoms with Crippen molar-refractivity contribution in [3.05, 3.63) is 91.3 Å². The molecule has 1 heteroatoms. The van der Waals surface area contributed by atoms with E-state index in [9.17, 15) is 0 Å². The van der Waals surface area contributed by atoms with Crippen molar-refractivity contribution >= 4 is 32.3 Å². The average Bonchev–Trinajstić information content (AvgIpc) is 2.66. The quantitative estimate of drug-likeness (QED) is 0.336. The summed E-state index contributed by atoms with van der Waals surface area (Å²) in [6.07, 6.45) is 3.93. The molecule has 4 aromatic carbocycles. The number of rotatable bonds is 1. The fraction of sp³-hybridized carbons (Fsp3) is 0. The monoisotopic (exact) mass is 305 g/mol. The van der Waals surface area contributed by atoms with Crippen molar-refractivity contribution < 1.29 is 0 Å². The van der Waals surface area contributed by atoms with E-state index in [0.717, 1.165) is 0 Å². The maximum Gasteiger partial charge on any atom is 0.0353 e. The number of benzene rings is 4. The highest BCUT2D eigenvalue weighted by Gasteiger charge is 2.12. The first-order chi connectivity index (χ1) is 11.9. The van der Waals surface area contributed by atoms with Crippen molar-refractivity contribution in [2.24, 2.45) is 0 Å². The molecule has 24 heavy (non-hydrogen) atoms. The summed E-state index contributed by atoms with van der Waals surface area (Å²) in [6, 6.07) is 27.9. The summed E-state index contributed by atoms with van der Waals surface area (Å²) in [5.41, 5.74) is 2.47. The van der Waals surface area contributed by atoms with E-state index in [0.29, 0.717) is 0 Å². The van der Waals surface area contributed by atoms with Crippen LogP contribution >= 0.6 is 0 Å². The van der Waals surface area contributed by atoms with Crippen molar-refractivity contribution in [3.63, 3.8) is 0 Å². The zero-order valence-corrected chi connectivity index (χ0v) is 13.1. The molecular formula is C23H15N. The maximum atomic E-state index is 4.50. The van der Waals surface area contributed by atoms with Crippen LogP contribution in [0.1, 0.15) is 0 Å². The lowest BCUT2D eigenvalue weighted by atomic mass is 9.91. The van der Waals surface area contributed by atoms with E-state index in [1.54, 1.807) is 0 Å². The van der Waals surface area contributed by atoms with Crippen LogP contribution in [-0.4, -0.2) is 4.98 Å². The first-order valence-corrected chi connectivity index (χ1v) is 8.15. The molecule has 0 aliphatic carbocycles. The van der Waals surface area contributed by atoms with Crippen molar-refractivity contribution in [3.8, 4) is 11.1 Å². The number of pyridine rings is 1. The van der Waals surface area contributed by atoms with E-state index < -0.39 is 0 Å². The Morgan fingerprint density at radius 3 is 1.71 bits per heavy atom. The van der Waals surface area contributed by atoms with Crippen molar-refractivity contribution in [2.75, 3.05) is 0 Å². The Balaban J connectivity index is 2.04. The lowest BCUT2D eigenvalue weighted by molar-refractivity contribution is 1.37. The third-order valence-electron chi connectivity index (χ3n) is 4.71. The largest absolute Gasteiger partial charge is 0.263 e. The van der Waals surface area contributed by atoms with Crippen LogP contribution < -0.4 is 0 Å². The van der Waals surface area contributed by atoms with Gasteiger partial charge in [-0.05, 0) is 38.6 Å². The molecule has 0 fully saturated rings. The van der Waals surface area contributed by atoms with Crippen LogP contribution in [0, 0.1) is 0 Å². The Bertz CT molecular complexity index is 1150. The van der Waals surface area contributed by atoms with Gasteiger partial charge in [0.2, 0.25) is 0 Å². The van der Waals surface area contributed by atoms with Crippen LogP contribution in [0.3, 0.4) is 0 Å². The fourth-order valence-electron chi connectivity index (χ4n) is 3.62. The van der Waals surface area contributed by atoms with Gasteiger partial charge in [0.15, 0.2) is 0 Å². The zero-order chi connectivity index (χ0) is 15.9. The first kappa shape index (κ1) is 13.3. The van der Waals surface area contributed by atoms with E-state index in [1.807, 2.05) is 12.4 Å². The molecule has 0 aliphatic rings. The van der Waals surface area contributed by atoms with E-state index in [-0.39, 0.29) is 0 Å². The molecule has 1 nitrogen and oxygen atoms in total. The van der Waals surface area contributed by atoms with Gasteiger partial charge in [0.25, 0.3) is 0 Å². The Morgan fingerprint density at radius 1 is 0.500 bits per heavy atom. The molecule has 0 saturated heterocycles. The molecule has 0 N–H and O–H groups in total. The highest BCUT2D eigenvalue weighted by atomic mass is 14.6. The lowest BCUT2D eigenvalue weighted by Gasteiger charge is -2.13. The molecule has 0 aliphatic heterocycles. The van der Waals surface area contributed by atoms with Gasteiger partial charge in [0.1, 0.15) is 0 Å². The summed E-state index contributed by atoms with van der Waals surface area (Å²) in [7, 11) is 0. The molecule has 0 bridgehead atoms. The Hall–Kier alpha value is -3.19. The lowest BCUT2D eigenvalue weighted by Crippen LogP contribution is -1.88. The molecule has 0 saturated carbocycles. The number of nitrogens with zero attached hydrogens (tertiary/aromatic N) is 1. The highest BCUT2D eigenvalue weighted by Crippen LogP contribution is 2.38. The summed E-state index contributed by atoms with van der Waals surface area (Å²) >= 11 is 0. The normalized spacial score (nSPS) is 11.3. The predicted molar refractivity (Wildman–Crippen MR) is 102 cm³/mol. The average molecular weight is 305 g/mol. The van der Waals surface area contributed by atoms with Gasteiger partial charge in [-0.15, -0.1) is 0 Å². The van der Waals surface area contributed by atoms with Crippen LogP contribution in [0.25, 0.3) is 43.4 Å². The number of aromatic nitrogens is 1. The Morgan fingerprint density at radius 2 is 1.04 bits per heavy atom. The van der Waals surface area contributed by atoms with Crippen LogP contribution in [0.5, 0.6) is 0 Å². The van der Waals surface area contributed by atoms with E-state index in [2.05, 4.69) is 83.8 Å². The second-order valence-electron chi connectivity index (χ2n) is 6.10. The summed E-state index contributed by atoms with van der Waals surface area (Å²) in [5.74, 6) is 0. The molecule has 0 spiro atoms. The van der Waals surface area contributed by atoms with Crippen molar-refractivity contribution in [1.82, 2.24) is 4.98 Å². The van der Waals surface area contributed by atoms with Crippen molar-refractivity contribution in [1.29, 1.82) is 0 Å². The van der Waals surface area contributed by atoms with Gasteiger partial charge in [-0.25, -0.2) is 0 Å². The molecule has 5 rings (SSSR count). The number of hydrogen-bond donors (Lipinski definition) is 0. The maximum absolute atomic E-state index is 4.50. The van der Waals surface area contributed by atoms with Crippen LogP contribution in [0.2, 0.25) is 0 Å². The molecule has 0 radical (unpaired) electrons. The predicted octanol–water partition coefficient (Wildman–Crippen LogP) is 6.21. The van der Waals surface area contributed by atoms with Gasteiger partial charge in [-0.2, -0.15) is 0 Å². The molecule has 1 aromatic heterocycles. The minimum atomic E-state index is 1.17. The molecule has 5 aromatic rings. The molecule has 0 unspecified atom stereocenters. The van der Waals surface area contributed by atoms with Gasteiger partial charge in [-0.3, -0.25) is 4.98 Å². The Labute approximate surface area is 140 Å². The standard InChI is InChI=1S/C23H15N/c1-5-11-20-16(7-1)13-17-8-2-6-12-21(17)23(20)22-15-24-14-18-9-3-4-10-19(18)22/h1-15H. The molecule has 112 valence electrons. The van der Waals surface area contributed by atoms with Crippen LogP contribution in [-0.2, 0) is 0 Å². The van der Waals surface area contributed by atoms with Gasteiger partial charge < -0.3 is 0 Å². The van der Waals surface area contributed by atoms with Gasteiger partial charge >= 0.3 is 0 Å². The summed E-state index contributed by atoms with van der Waals surface area (Å²) in [5, 5.41) is 7.49. The minimum absolute atomic E-state index is 1.17. The summed E-state index contributed by atoms with van der Waals surface area (Å²) in [4.78, 5) is 4.50. The van der Waals surface area contributed by atoms with Crippen LogP contribution in [0.15, 0.2) is 91.3 Å². The topological polar surface area (TPSA) is 12.9 Å². The Kier molecular flexibility index (Phi) is 2.86. The summed E-state index contributed by atoms with van der Waals surface area (Å²) < 4.78 is 0. The number of fused-ring (bicyclic) bond motifs is 3. The molecular weight excluding hydrogens is 290 g/mol. The number of hydrogen-bond acceptors (Lipinski definition) is 1. The highest BCUT2D eigenvalue weighted by molar-refractivity contribution is 6.16. The van der Waals surface area contributed by atoms with E-state index in [4.69, 9.17) is 0 Å². The first-order valence-electron chi connectivity index (χ1n) is 8.15. The van der Waals surface area contributed by atoms with E-state index in [1.165, 1.54) is 43.4 Å². The van der Waals surface area contributed by atoms with Crippen molar-refractivity contribution in [2.45, 2.75) is 0 Å². The zero-order valence-electron chi connectivity index (χ0n) is 13.1. The second-order valence-corrected chi connectivity index (χ2v) is 6.10. The minimum Gasteiger partial charge on any atom is -0.263 e. The second kappa shape index (κ2) is 5.17. The van der Waals surface area contributed by atoms with Crippen LogP contribution in [0.4, 0.5) is 0 Å². The molecule has 0 amide bonds. The van der Waals surface area contributed by atoms with Gasteiger partial charge in [0, 0.05) is 23.3 Å². The SMILES string of the molecule is c1ccc2c(-c3c4ccccc4cc4ccccc34)cncc2c1. The van der Waals surface area contributed by atoms with Gasteiger partial charge in [0.05, 0.1) is 0 Å². The third-order valence-corrected chi connectivity index (χ3v) is 4.71. The fourth-order valence-corrected chi connectivity index (χ4v) is 3.62. The third kappa shape index (κ3) is 1.92.